The summed E-state index contributed by atoms with van der Waals surface area (Å²) in [6.45, 7) is 3.13. The fourth-order valence-corrected chi connectivity index (χ4v) is 2.08. The number of rotatable bonds is 3. The van der Waals surface area contributed by atoms with Crippen molar-refractivity contribution in [2.24, 2.45) is 0 Å². The number of anilines is 1. The van der Waals surface area contributed by atoms with Crippen LogP contribution in [0.1, 0.15) is 30.1 Å². The molecule has 1 atom stereocenters. The van der Waals surface area contributed by atoms with Crippen molar-refractivity contribution in [1.29, 1.82) is 0 Å². The molecule has 1 heterocycles. The topological polar surface area (TPSA) is 64.4 Å². The van der Waals surface area contributed by atoms with E-state index >= 15 is 0 Å². The molecule has 98 valence electrons. The third-order valence-electron chi connectivity index (χ3n) is 3.18. The quantitative estimate of drug-likeness (QED) is 0.805. The van der Waals surface area contributed by atoms with Crippen molar-refractivity contribution in [2.45, 2.75) is 25.4 Å². The maximum absolute atomic E-state index is 12.9. The zero-order chi connectivity index (χ0) is 13.2. The summed E-state index contributed by atoms with van der Waals surface area (Å²) < 4.78 is 18.4. The van der Waals surface area contributed by atoms with Crippen LogP contribution in [-0.4, -0.2) is 24.7 Å². The molecule has 0 spiro atoms. The molecule has 1 aliphatic heterocycles. The third-order valence-corrected chi connectivity index (χ3v) is 3.18. The van der Waals surface area contributed by atoms with Crippen LogP contribution in [-0.2, 0) is 4.74 Å². The summed E-state index contributed by atoms with van der Waals surface area (Å²) in [6.07, 6.45) is 1.93. The monoisotopic (exact) mass is 252 g/mol. The molecule has 1 fully saturated rings. The van der Waals surface area contributed by atoms with Gasteiger partial charge in [-0.1, -0.05) is 0 Å². The Bertz CT molecular complexity index is 456. The van der Waals surface area contributed by atoms with Crippen LogP contribution in [0.2, 0.25) is 0 Å². The fraction of sp³-hybridized carbons (Fsp3) is 0.462. The Hall–Kier alpha value is -1.62. The molecule has 1 unspecified atom stereocenters. The summed E-state index contributed by atoms with van der Waals surface area (Å²) in [5.41, 5.74) is 5.74. The number of halogens is 1. The fourth-order valence-electron chi connectivity index (χ4n) is 2.08. The molecule has 1 aliphatic rings. The van der Waals surface area contributed by atoms with Crippen molar-refractivity contribution in [3.8, 4) is 0 Å². The molecule has 2 rings (SSSR count). The summed E-state index contributed by atoms with van der Waals surface area (Å²) in [5, 5.41) is 2.78. The van der Waals surface area contributed by atoms with E-state index in [1.54, 1.807) is 0 Å². The molecule has 4 nitrogen and oxygen atoms in total. The van der Waals surface area contributed by atoms with Crippen molar-refractivity contribution in [2.75, 3.05) is 18.9 Å². The molecule has 0 saturated carbocycles. The van der Waals surface area contributed by atoms with Gasteiger partial charge in [0.05, 0.1) is 11.2 Å². The first-order valence-electron chi connectivity index (χ1n) is 5.97. The molecule has 1 aromatic carbocycles. The van der Waals surface area contributed by atoms with E-state index in [9.17, 15) is 9.18 Å². The summed E-state index contributed by atoms with van der Waals surface area (Å²) in [6, 6.07) is 3.75. The van der Waals surface area contributed by atoms with Gasteiger partial charge in [0.15, 0.2) is 0 Å². The Labute approximate surface area is 105 Å². The van der Waals surface area contributed by atoms with Crippen molar-refractivity contribution >= 4 is 11.6 Å². The molecule has 5 heteroatoms. The number of benzene rings is 1. The molecule has 0 bridgehead atoms. The number of nitrogens with one attached hydrogen (secondary N) is 1. The lowest BCUT2D eigenvalue weighted by Crippen LogP contribution is -2.40. The average Bonchev–Trinajstić information content (AvgIpc) is 2.74. The molecule has 18 heavy (non-hydrogen) atoms. The van der Waals surface area contributed by atoms with Crippen LogP contribution < -0.4 is 11.1 Å². The van der Waals surface area contributed by atoms with Gasteiger partial charge in [-0.25, -0.2) is 4.39 Å². The number of hydrogen-bond acceptors (Lipinski definition) is 3. The SMILES string of the molecule is CC1(CNC(=O)c2ccc(F)cc2N)CCCO1. The predicted octanol–water partition coefficient (Wildman–Crippen LogP) is 1.71. The normalized spacial score (nSPS) is 23.0. The van der Waals surface area contributed by atoms with Crippen LogP contribution in [0.3, 0.4) is 0 Å². The number of ether oxygens (including phenoxy) is 1. The zero-order valence-corrected chi connectivity index (χ0v) is 10.3. The van der Waals surface area contributed by atoms with E-state index in [-0.39, 0.29) is 22.8 Å². The number of nitrogens with two attached hydrogens (primary N) is 1. The van der Waals surface area contributed by atoms with E-state index in [0.29, 0.717) is 6.54 Å². The van der Waals surface area contributed by atoms with Gasteiger partial charge in [-0.2, -0.15) is 0 Å². The Morgan fingerprint density at radius 2 is 2.39 bits per heavy atom. The van der Waals surface area contributed by atoms with Gasteiger partial charge in [0, 0.05) is 18.8 Å². The maximum atomic E-state index is 12.9. The lowest BCUT2D eigenvalue weighted by atomic mass is 10.0. The van der Waals surface area contributed by atoms with Gasteiger partial charge in [0.25, 0.3) is 5.91 Å². The van der Waals surface area contributed by atoms with Crippen molar-refractivity contribution in [3.05, 3.63) is 29.6 Å². The van der Waals surface area contributed by atoms with Gasteiger partial charge in [0.2, 0.25) is 0 Å². The van der Waals surface area contributed by atoms with Crippen LogP contribution in [0.4, 0.5) is 10.1 Å². The number of carbonyl (C=O) groups is 1. The van der Waals surface area contributed by atoms with Crippen LogP contribution in [0.5, 0.6) is 0 Å². The molecular weight excluding hydrogens is 235 g/mol. The number of amides is 1. The van der Waals surface area contributed by atoms with Crippen LogP contribution in [0, 0.1) is 5.82 Å². The predicted molar refractivity (Wildman–Crippen MR) is 66.7 cm³/mol. The minimum Gasteiger partial charge on any atom is -0.398 e. The first-order valence-corrected chi connectivity index (χ1v) is 5.97. The van der Waals surface area contributed by atoms with Crippen LogP contribution >= 0.6 is 0 Å². The standard InChI is InChI=1S/C13H17FN2O2/c1-13(5-2-6-18-13)8-16-12(17)10-4-3-9(14)7-11(10)15/h3-4,7H,2,5-6,8,15H2,1H3,(H,16,17). The summed E-state index contributed by atoms with van der Waals surface area (Å²) in [7, 11) is 0. The largest absolute Gasteiger partial charge is 0.398 e. The molecule has 1 saturated heterocycles. The van der Waals surface area contributed by atoms with Crippen molar-refractivity contribution in [1.82, 2.24) is 5.32 Å². The van der Waals surface area contributed by atoms with Crippen molar-refractivity contribution < 1.29 is 13.9 Å². The van der Waals surface area contributed by atoms with E-state index in [1.807, 2.05) is 6.92 Å². The molecule has 1 aromatic rings. The van der Waals surface area contributed by atoms with E-state index in [4.69, 9.17) is 10.5 Å². The van der Waals surface area contributed by atoms with Gasteiger partial charge in [0.1, 0.15) is 5.82 Å². The lowest BCUT2D eigenvalue weighted by Gasteiger charge is -2.23. The second kappa shape index (κ2) is 4.94. The zero-order valence-electron chi connectivity index (χ0n) is 10.3. The molecular formula is C13H17FN2O2. The Balaban J connectivity index is 1.99. The van der Waals surface area contributed by atoms with Crippen molar-refractivity contribution in [3.63, 3.8) is 0 Å². The first-order chi connectivity index (χ1) is 8.50. The van der Waals surface area contributed by atoms with Crippen LogP contribution in [0.15, 0.2) is 18.2 Å². The van der Waals surface area contributed by atoms with E-state index < -0.39 is 5.82 Å². The first kappa shape index (κ1) is 12.8. The van der Waals surface area contributed by atoms with E-state index in [2.05, 4.69) is 5.32 Å². The van der Waals surface area contributed by atoms with Gasteiger partial charge in [-0.05, 0) is 38.0 Å². The number of carbonyl (C=O) groups excluding carboxylic acids is 1. The highest BCUT2D eigenvalue weighted by molar-refractivity contribution is 5.99. The van der Waals surface area contributed by atoms with E-state index in [0.717, 1.165) is 25.5 Å². The van der Waals surface area contributed by atoms with Crippen LogP contribution in [0.25, 0.3) is 0 Å². The summed E-state index contributed by atoms with van der Waals surface area (Å²) in [5.74, 6) is -0.751. The second-order valence-electron chi connectivity index (χ2n) is 4.82. The smallest absolute Gasteiger partial charge is 0.253 e. The van der Waals surface area contributed by atoms with Gasteiger partial charge in [-0.15, -0.1) is 0 Å². The molecule has 0 aromatic heterocycles. The minimum absolute atomic E-state index is 0.144. The molecule has 0 aliphatic carbocycles. The molecule has 1 amide bonds. The lowest BCUT2D eigenvalue weighted by molar-refractivity contribution is 0.0206. The van der Waals surface area contributed by atoms with E-state index in [1.165, 1.54) is 12.1 Å². The highest BCUT2D eigenvalue weighted by atomic mass is 19.1. The number of nitrogen functional groups attached to an aromatic ring is 1. The Morgan fingerprint density at radius 3 is 3.00 bits per heavy atom. The van der Waals surface area contributed by atoms with Gasteiger partial charge >= 0.3 is 0 Å². The Kier molecular flexibility index (Phi) is 3.52. The highest BCUT2D eigenvalue weighted by Crippen LogP contribution is 2.24. The molecule has 0 radical (unpaired) electrons. The highest BCUT2D eigenvalue weighted by Gasteiger charge is 2.30. The minimum atomic E-state index is -0.449. The average molecular weight is 252 g/mol. The maximum Gasteiger partial charge on any atom is 0.253 e. The molecule has 3 N–H and O–H groups in total. The van der Waals surface area contributed by atoms with Gasteiger partial charge < -0.3 is 15.8 Å². The third kappa shape index (κ3) is 2.79. The Morgan fingerprint density at radius 1 is 1.61 bits per heavy atom. The van der Waals surface area contributed by atoms with Gasteiger partial charge in [-0.3, -0.25) is 4.79 Å². The summed E-state index contributed by atoms with van der Waals surface area (Å²) in [4.78, 5) is 11.9. The number of hydrogen-bond donors (Lipinski definition) is 2. The second-order valence-corrected chi connectivity index (χ2v) is 4.82. The summed E-state index contributed by atoms with van der Waals surface area (Å²) >= 11 is 0.